The molecular weight excluding hydrogens is 326 g/mol. The van der Waals surface area contributed by atoms with E-state index in [0.29, 0.717) is 18.4 Å². The van der Waals surface area contributed by atoms with Crippen molar-refractivity contribution in [3.8, 4) is 11.1 Å². The summed E-state index contributed by atoms with van der Waals surface area (Å²) in [6.07, 6.45) is 15.0. The van der Waals surface area contributed by atoms with Crippen molar-refractivity contribution in [2.75, 3.05) is 6.61 Å². The Labute approximate surface area is 155 Å². The Morgan fingerprint density at radius 2 is 2.00 bits per heavy atom. The molecule has 2 aromatic rings. The Balaban J connectivity index is 1.78. The minimum absolute atomic E-state index is 0.428. The van der Waals surface area contributed by atoms with Crippen molar-refractivity contribution in [3.05, 3.63) is 64.4 Å². The largest absolute Gasteiger partial charge is 0.415 e. The summed E-state index contributed by atoms with van der Waals surface area (Å²) in [5, 5.41) is 0. The van der Waals surface area contributed by atoms with E-state index in [1.807, 2.05) is 17.9 Å². The Hall–Kier alpha value is -1.87. The molecule has 1 fully saturated rings. The zero-order chi connectivity index (χ0) is 17.2. The highest BCUT2D eigenvalue weighted by molar-refractivity contribution is 7.71. The van der Waals surface area contributed by atoms with Gasteiger partial charge in [-0.1, -0.05) is 61.5 Å². The molecule has 4 rings (SSSR count). The summed E-state index contributed by atoms with van der Waals surface area (Å²) < 4.78 is 2.81. The normalized spacial score (nSPS) is 19.8. The molecule has 1 unspecified atom stereocenters. The van der Waals surface area contributed by atoms with Gasteiger partial charge in [0, 0.05) is 17.7 Å². The number of allylic oxidation sites excluding steroid dienone is 2. The molecule has 0 radical (unpaired) electrons. The Morgan fingerprint density at radius 1 is 1.20 bits per heavy atom. The van der Waals surface area contributed by atoms with Gasteiger partial charge in [-0.05, 0) is 48.8 Å². The maximum Gasteiger partial charge on any atom is 0.112 e. The molecular formula is C22H25NOS. The second kappa shape index (κ2) is 7.17. The van der Waals surface area contributed by atoms with Crippen molar-refractivity contribution < 1.29 is 4.84 Å². The van der Waals surface area contributed by atoms with Gasteiger partial charge in [0.2, 0.25) is 0 Å². The van der Waals surface area contributed by atoms with Crippen molar-refractivity contribution in [1.29, 1.82) is 0 Å². The summed E-state index contributed by atoms with van der Waals surface area (Å²) in [7, 11) is 0. The van der Waals surface area contributed by atoms with E-state index in [-0.39, 0.29) is 0 Å². The number of aromatic nitrogens is 1. The summed E-state index contributed by atoms with van der Waals surface area (Å²) in [5.74, 6) is 1.14. The topological polar surface area (TPSA) is 14.2 Å². The smallest absolute Gasteiger partial charge is 0.112 e. The van der Waals surface area contributed by atoms with Crippen LogP contribution in [0, 0.1) is 4.51 Å². The van der Waals surface area contributed by atoms with Gasteiger partial charge >= 0.3 is 0 Å². The number of hydrogen-bond donors (Lipinski definition) is 0. The third-order valence-corrected chi connectivity index (χ3v) is 5.95. The van der Waals surface area contributed by atoms with Crippen LogP contribution in [0.3, 0.4) is 0 Å². The molecule has 1 aromatic heterocycles. The minimum atomic E-state index is 0.428. The fourth-order valence-electron chi connectivity index (χ4n) is 3.99. The van der Waals surface area contributed by atoms with Gasteiger partial charge in [-0.3, -0.25) is 0 Å². The van der Waals surface area contributed by atoms with Crippen LogP contribution in [0.4, 0.5) is 0 Å². The van der Waals surface area contributed by atoms with Crippen LogP contribution in [0.2, 0.25) is 0 Å². The lowest BCUT2D eigenvalue weighted by Crippen LogP contribution is -2.14. The number of nitrogens with zero attached hydrogens (tertiary/aromatic N) is 1. The fourth-order valence-corrected chi connectivity index (χ4v) is 4.36. The van der Waals surface area contributed by atoms with Crippen LogP contribution in [0.5, 0.6) is 0 Å². The maximum absolute atomic E-state index is 5.87. The molecule has 3 heteroatoms. The highest BCUT2D eigenvalue weighted by Gasteiger charge is 2.20. The summed E-state index contributed by atoms with van der Waals surface area (Å²) in [5.41, 5.74) is 4.99. The third-order valence-electron chi connectivity index (χ3n) is 5.49. The predicted molar refractivity (Wildman–Crippen MR) is 106 cm³/mol. The minimum Gasteiger partial charge on any atom is -0.415 e. The fraction of sp³-hybridized carbons (Fsp3) is 0.409. The summed E-state index contributed by atoms with van der Waals surface area (Å²) in [4.78, 5) is 5.76. The molecule has 0 amide bonds. The van der Waals surface area contributed by atoms with Gasteiger partial charge < -0.3 is 4.84 Å². The standard InChI is InChI=1S/C22H25NOS/c1-2-24-23-14-20(17-9-5-10-17)22(25)21(15-23)19-12-6-11-18(13-19)16-7-3-4-8-16/h5-6,9,11-17H,2-4,7-8,10H2,1H3. The average molecular weight is 352 g/mol. The van der Waals surface area contributed by atoms with Crippen molar-refractivity contribution in [2.24, 2.45) is 0 Å². The van der Waals surface area contributed by atoms with Crippen LogP contribution < -0.4 is 4.84 Å². The zero-order valence-electron chi connectivity index (χ0n) is 14.8. The lowest BCUT2D eigenvalue weighted by Gasteiger charge is -2.21. The molecule has 0 saturated heterocycles. The summed E-state index contributed by atoms with van der Waals surface area (Å²) in [6, 6.07) is 8.98. The summed E-state index contributed by atoms with van der Waals surface area (Å²) >= 11 is 5.87. The van der Waals surface area contributed by atoms with E-state index in [0.717, 1.165) is 16.5 Å². The summed E-state index contributed by atoms with van der Waals surface area (Å²) in [6.45, 7) is 2.65. The van der Waals surface area contributed by atoms with Gasteiger partial charge in [0.1, 0.15) is 6.61 Å². The van der Waals surface area contributed by atoms with Crippen LogP contribution in [0.15, 0.2) is 48.8 Å². The van der Waals surface area contributed by atoms with E-state index in [1.54, 1.807) is 0 Å². The number of pyridine rings is 1. The first-order chi connectivity index (χ1) is 12.3. The van der Waals surface area contributed by atoms with E-state index >= 15 is 0 Å². The first-order valence-electron chi connectivity index (χ1n) is 9.42. The highest BCUT2D eigenvalue weighted by atomic mass is 32.1. The van der Waals surface area contributed by atoms with Crippen LogP contribution in [0.1, 0.15) is 62.0 Å². The quantitative estimate of drug-likeness (QED) is 0.482. The van der Waals surface area contributed by atoms with E-state index in [2.05, 4.69) is 42.6 Å². The Kier molecular flexibility index (Phi) is 4.76. The second-order valence-corrected chi connectivity index (χ2v) is 7.52. The third kappa shape index (κ3) is 3.30. The van der Waals surface area contributed by atoms with E-state index in [1.165, 1.54) is 42.4 Å². The monoisotopic (exact) mass is 351 g/mol. The molecule has 2 nitrogen and oxygen atoms in total. The molecule has 1 atom stereocenters. The van der Waals surface area contributed by atoms with Crippen LogP contribution in [-0.4, -0.2) is 11.3 Å². The Bertz CT molecular complexity index is 845. The Morgan fingerprint density at radius 3 is 2.68 bits per heavy atom. The molecule has 1 aromatic carbocycles. The number of benzene rings is 1. The molecule has 1 saturated carbocycles. The molecule has 130 valence electrons. The zero-order valence-corrected chi connectivity index (χ0v) is 15.6. The van der Waals surface area contributed by atoms with Crippen molar-refractivity contribution in [3.63, 3.8) is 0 Å². The number of rotatable bonds is 5. The second-order valence-electron chi connectivity index (χ2n) is 7.11. The maximum atomic E-state index is 5.87. The van der Waals surface area contributed by atoms with E-state index in [4.69, 9.17) is 17.1 Å². The van der Waals surface area contributed by atoms with Gasteiger partial charge in [0.05, 0.1) is 10.7 Å². The van der Waals surface area contributed by atoms with Gasteiger partial charge in [-0.15, -0.1) is 0 Å². The van der Waals surface area contributed by atoms with Crippen molar-refractivity contribution in [1.82, 2.24) is 4.73 Å². The first kappa shape index (κ1) is 16.6. The SMILES string of the molecule is CCOn1cc(-c2cccc(C3CCCC3)c2)c(=S)c(C2C=CC2)c1. The predicted octanol–water partition coefficient (Wildman–Crippen LogP) is 6.03. The lowest BCUT2D eigenvalue weighted by atomic mass is 9.87. The van der Waals surface area contributed by atoms with Gasteiger partial charge in [-0.25, -0.2) is 0 Å². The molecule has 1 heterocycles. The van der Waals surface area contributed by atoms with Gasteiger partial charge in [0.15, 0.2) is 0 Å². The van der Waals surface area contributed by atoms with Gasteiger partial charge in [-0.2, -0.15) is 4.73 Å². The average Bonchev–Trinajstić information content (AvgIpc) is 3.11. The van der Waals surface area contributed by atoms with E-state index in [9.17, 15) is 0 Å². The van der Waals surface area contributed by atoms with Gasteiger partial charge in [0.25, 0.3) is 0 Å². The number of hydrogen-bond acceptors (Lipinski definition) is 2. The molecule has 25 heavy (non-hydrogen) atoms. The molecule has 0 bridgehead atoms. The van der Waals surface area contributed by atoms with Crippen LogP contribution in [-0.2, 0) is 0 Å². The van der Waals surface area contributed by atoms with Crippen LogP contribution in [0.25, 0.3) is 11.1 Å². The van der Waals surface area contributed by atoms with Crippen molar-refractivity contribution >= 4 is 12.2 Å². The molecule has 0 aliphatic heterocycles. The molecule has 0 N–H and O–H groups in total. The van der Waals surface area contributed by atoms with Crippen LogP contribution >= 0.6 is 12.2 Å². The molecule has 2 aliphatic carbocycles. The molecule has 0 spiro atoms. The first-order valence-corrected chi connectivity index (χ1v) is 9.83. The lowest BCUT2D eigenvalue weighted by molar-refractivity contribution is 0.120. The highest BCUT2D eigenvalue weighted by Crippen LogP contribution is 2.37. The molecule has 2 aliphatic rings. The van der Waals surface area contributed by atoms with Crippen molar-refractivity contribution in [2.45, 2.75) is 50.9 Å². The van der Waals surface area contributed by atoms with E-state index < -0.39 is 0 Å².